The number of esters is 3. The van der Waals surface area contributed by atoms with Crippen LogP contribution in [0.5, 0.6) is 0 Å². The Balaban J connectivity index is 4.60. The first-order valence-electron chi connectivity index (χ1n) is 37.1. The number of phosphoric acid groups is 2. The zero-order chi connectivity index (χ0) is 70.9. The van der Waals surface area contributed by atoms with E-state index in [4.69, 9.17) is 32.3 Å². The third-order valence-corrected chi connectivity index (χ3v) is 16.9. The average Bonchev–Trinajstić information content (AvgIpc) is 2.48. The number of unbranched alkanes of at least 4 members (excludes halogenated alkanes) is 22. The van der Waals surface area contributed by atoms with E-state index in [2.05, 4.69) is 167 Å². The van der Waals surface area contributed by atoms with Crippen LogP contribution in [0.1, 0.15) is 278 Å². The van der Waals surface area contributed by atoms with Gasteiger partial charge in [0, 0.05) is 19.3 Å². The van der Waals surface area contributed by atoms with Crippen LogP contribution in [0.4, 0.5) is 0 Å². The van der Waals surface area contributed by atoms with Gasteiger partial charge in [0.1, 0.15) is 25.4 Å². The van der Waals surface area contributed by atoms with Crippen molar-refractivity contribution in [2.45, 2.75) is 296 Å². The molecule has 0 aliphatic heterocycles. The van der Waals surface area contributed by atoms with Crippen LogP contribution in [0.3, 0.4) is 0 Å². The van der Waals surface area contributed by atoms with Crippen LogP contribution in [-0.4, -0.2) is 95.9 Å². The predicted octanol–water partition coefficient (Wildman–Crippen LogP) is 21.3. The lowest BCUT2D eigenvalue weighted by Crippen LogP contribution is -2.30. The van der Waals surface area contributed by atoms with Crippen LogP contribution < -0.4 is 0 Å². The van der Waals surface area contributed by atoms with E-state index < -0.39 is 91.5 Å². The summed E-state index contributed by atoms with van der Waals surface area (Å²) in [6.07, 6.45) is 86.1. The number of carbonyl (C=O) groups is 3. The molecule has 0 aromatic carbocycles. The van der Waals surface area contributed by atoms with Crippen LogP contribution in [0, 0.1) is 0 Å². The van der Waals surface area contributed by atoms with Crippen LogP contribution >= 0.6 is 15.6 Å². The summed E-state index contributed by atoms with van der Waals surface area (Å²) >= 11 is 0. The molecule has 5 atom stereocenters. The van der Waals surface area contributed by atoms with E-state index >= 15 is 0 Å². The molecule has 0 bridgehead atoms. The maximum absolute atomic E-state index is 12.9. The van der Waals surface area contributed by atoms with Gasteiger partial charge in [-0.05, 0) is 141 Å². The second-order valence-electron chi connectivity index (χ2n) is 24.3. The normalized spacial score (nSPS) is 14.9. The maximum atomic E-state index is 12.9. The summed E-state index contributed by atoms with van der Waals surface area (Å²) in [7, 11) is -9.81. The highest BCUT2D eigenvalue weighted by Crippen LogP contribution is 2.45. The van der Waals surface area contributed by atoms with E-state index in [1.165, 1.54) is 70.6 Å². The lowest BCUT2D eigenvalue weighted by Gasteiger charge is -2.21. The number of ether oxygens (including phenoxy) is 3. The highest BCUT2D eigenvalue weighted by molar-refractivity contribution is 7.47. The van der Waals surface area contributed by atoms with Gasteiger partial charge in [-0.3, -0.25) is 32.5 Å². The fraction of sp³-hybridized carbons (Fsp3) is 0.658. The van der Waals surface area contributed by atoms with E-state index in [0.717, 1.165) is 148 Å². The van der Waals surface area contributed by atoms with Crippen molar-refractivity contribution in [2.75, 3.05) is 39.6 Å². The Morgan fingerprint density at radius 1 is 0.299 bits per heavy atom. The second kappa shape index (κ2) is 71.3. The molecule has 0 spiro atoms. The number of hydrogen-bond donors (Lipinski definition) is 4. The van der Waals surface area contributed by atoms with Crippen LogP contribution in [-0.2, 0) is 55.8 Å². The molecule has 0 rings (SSSR count). The Morgan fingerprint density at radius 3 is 0.876 bits per heavy atom. The monoisotopic (exact) mass is 1400 g/mol. The van der Waals surface area contributed by atoms with Crippen LogP contribution in [0.2, 0.25) is 0 Å². The molecule has 0 saturated heterocycles. The first-order chi connectivity index (χ1) is 47.2. The number of aliphatic hydroxyl groups is 2. The number of aliphatic hydroxyl groups excluding tert-OH is 2. The topological polar surface area (TPSA) is 231 Å². The van der Waals surface area contributed by atoms with Gasteiger partial charge in [-0.25, -0.2) is 9.13 Å². The molecule has 0 radical (unpaired) electrons. The SMILES string of the molecule is CC/C=C\C/C=C\C/C=C\C/C=C\C/C=C\CCCCCC(=O)OCC(COP(=O)(O)OCC(O)COP(=O)(O)OCC(O)COC(=O)CCCCCCCCCCCCC/C=C\C/C=C\C/C=C\C/C=C\CCCCC)OC(=O)CCCCCCC/C=C\C/C=C\C/C=C\CC. The van der Waals surface area contributed by atoms with Crippen molar-refractivity contribution in [3.8, 4) is 0 Å². The first-order valence-corrected chi connectivity index (χ1v) is 40.1. The zero-order valence-electron chi connectivity index (χ0n) is 60.2. The fourth-order valence-corrected chi connectivity index (χ4v) is 11.0. The summed E-state index contributed by atoms with van der Waals surface area (Å²) in [6, 6.07) is 0. The highest BCUT2D eigenvalue weighted by atomic mass is 31.2. The molecular weight excluding hydrogens is 1270 g/mol. The van der Waals surface area contributed by atoms with Gasteiger partial charge in [0.05, 0.1) is 26.4 Å². The lowest BCUT2D eigenvalue weighted by molar-refractivity contribution is -0.161. The van der Waals surface area contributed by atoms with E-state index in [1.807, 2.05) is 0 Å². The molecule has 0 aromatic rings. The third kappa shape index (κ3) is 72.5. The Hall–Kier alpha value is -4.57. The van der Waals surface area contributed by atoms with Gasteiger partial charge in [-0.1, -0.05) is 263 Å². The molecule has 4 N–H and O–H groups in total. The summed E-state index contributed by atoms with van der Waals surface area (Å²) < 4.78 is 61.0. The molecule has 0 aromatic heterocycles. The van der Waals surface area contributed by atoms with Crippen LogP contribution in [0.25, 0.3) is 0 Å². The minimum atomic E-state index is -4.94. The smallest absolute Gasteiger partial charge is 0.463 e. The minimum absolute atomic E-state index is 0.0727. The fourth-order valence-electron chi connectivity index (χ4n) is 9.42. The number of phosphoric ester groups is 2. The molecule has 0 aliphatic rings. The van der Waals surface area contributed by atoms with Gasteiger partial charge in [0.2, 0.25) is 0 Å². The number of carbonyl (C=O) groups excluding carboxylic acids is 3. The molecule has 97 heavy (non-hydrogen) atoms. The molecule has 0 aliphatic carbocycles. The summed E-state index contributed by atoms with van der Waals surface area (Å²) in [5.41, 5.74) is 0. The van der Waals surface area contributed by atoms with E-state index in [-0.39, 0.29) is 19.3 Å². The second-order valence-corrected chi connectivity index (χ2v) is 27.2. The van der Waals surface area contributed by atoms with Crippen molar-refractivity contribution in [1.82, 2.24) is 0 Å². The number of hydrogen-bond acceptors (Lipinski definition) is 14. The van der Waals surface area contributed by atoms with E-state index in [9.17, 15) is 43.5 Å². The Kier molecular flexibility index (Phi) is 67.9. The van der Waals surface area contributed by atoms with Crippen molar-refractivity contribution < 1.29 is 75.8 Å². The van der Waals surface area contributed by atoms with Crippen molar-refractivity contribution >= 4 is 33.6 Å². The minimum Gasteiger partial charge on any atom is -0.463 e. The number of allylic oxidation sites excluding steroid dienone is 24. The van der Waals surface area contributed by atoms with Gasteiger partial charge < -0.3 is 34.2 Å². The average molecular weight is 1400 g/mol. The van der Waals surface area contributed by atoms with E-state index in [0.29, 0.717) is 19.3 Å². The lowest BCUT2D eigenvalue weighted by atomic mass is 10.0. The van der Waals surface area contributed by atoms with Crippen molar-refractivity contribution in [3.63, 3.8) is 0 Å². The Morgan fingerprint density at radius 2 is 0.546 bits per heavy atom. The standard InChI is InChI=1S/C79H132O16P2/c1-4-7-10-13-16-19-22-25-28-30-32-33-34-35-36-37-38-39-41-43-45-47-50-53-56-59-62-65-77(82)89-68-74(80)69-91-96(85,86)92-70-75(81)71-93-97(87,88)94-73-76(95-79(84)67-64-61-58-55-52-49-44-27-24-21-18-15-12-9-6-3)72-90-78(83)66-63-60-57-54-51-48-46-42-40-31-29-26-23-20-17-14-11-8-5-2/h8-9,11-12,16-21,25-29,32-33,35-36,40,42,44,48,51,74-76,80-81H,4-7,10,13-15,22-24,30-31,34,37-39,41,43,45-47,49-50,52-73H2,1-3H3,(H,85,86)(H,87,88)/b11-8-,12-9-,19-16-,20-17-,21-18-,28-25-,29-26-,33-32-,36-35-,42-40-,44-27-,51-48-. The summed E-state index contributed by atoms with van der Waals surface area (Å²) in [6.45, 7) is 2.35. The van der Waals surface area contributed by atoms with Gasteiger partial charge >= 0.3 is 33.6 Å². The largest absolute Gasteiger partial charge is 0.472 e. The molecule has 0 saturated carbocycles. The maximum Gasteiger partial charge on any atom is 0.472 e. The first kappa shape index (κ1) is 92.4. The van der Waals surface area contributed by atoms with Gasteiger partial charge in [-0.2, -0.15) is 0 Å². The molecule has 18 heteroatoms. The molecule has 0 heterocycles. The highest BCUT2D eigenvalue weighted by Gasteiger charge is 2.29. The van der Waals surface area contributed by atoms with Crippen molar-refractivity contribution in [2.24, 2.45) is 0 Å². The molecule has 5 unspecified atom stereocenters. The van der Waals surface area contributed by atoms with Crippen molar-refractivity contribution in [3.05, 3.63) is 146 Å². The van der Waals surface area contributed by atoms with E-state index in [1.54, 1.807) is 0 Å². The van der Waals surface area contributed by atoms with Gasteiger partial charge in [0.25, 0.3) is 0 Å². The molecule has 16 nitrogen and oxygen atoms in total. The number of rotatable bonds is 69. The molecule has 0 fully saturated rings. The Bertz CT molecular complexity index is 2350. The van der Waals surface area contributed by atoms with Gasteiger partial charge in [0.15, 0.2) is 6.10 Å². The molecule has 0 amide bonds. The summed E-state index contributed by atoms with van der Waals surface area (Å²) in [5.74, 6) is -1.64. The third-order valence-electron chi connectivity index (χ3n) is 15.0. The molecule has 554 valence electrons. The van der Waals surface area contributed by atoms with Gasteiger partial charge in [-0.15, -0.1) is 0 Å². The summed E-state index contributed by atoms with van der Waals surface area (Å²) in [4.78, 5) is 58.5. The Labute approximate surface area is 587 Å². The quantitative estimate of drug-likeness (QED) is 0.0146. The zero-order valence-corrected chi connectivity index (χ0v) is 62.0. The predicted molar refractivity (Wildman–Crippen MR) is 399 cm³/mol. The molecular formula is C79H132O16P2. The summed E-state index contributed by atoms with van der Waals surface area (Å²) in [5, 5.41) is 20.6. The van der Waals surface area contributed by atoms with Crippen LogP contribution in [0.15, 0.2) is 146 Å². The van der Waals surface area contributed by atoms with Crippen molar-refractivity contribution in [1.29, 1.82) is 0 Å².